The first kappa shape index (κ1) is 8.89. The minimum atomic E-state index is 0.576. The molecule has 0 amide bonds. The molecule has 0 spiro atoms. The van der Waals surface area contributed by atoms with Crippen LogP contribution in [0.3, 0.4) is 0 Å². The third-order valence-corrected chi connectivity index (χ3v) is 3.22. The van der Waals surface area contributed by atoms with Gasteiger partial charge in [-0.3, -0.25) is 0 Å². The molecule has 1 aromatic carbocycles. The van der Waals surface area contributed by atoms with Crippen LogP contribution < -0.4 is 0 Å². The maximum atomic E-state index is 4.34. The quantitative estimate of drug-likeness (QED) is 0.680. The molecule has 0 saturated heterocycles. The zero-order chi connectivity index (χ0) is 9.26. The van der Waals surface area contributed by atoms with E-state index in [1.807, 2.05) is 0 Å². The molecule has 1 aromatic rings. The summed E-state index contributed by atoms with van der Waals surface area (Å²) in [6.45, 7) is 2.24. The molecule has 2 rings (SSSR count). The Morgan fingerprint density at radius 1 is 1.38 bits per heavy atom. The second-order valence-corrected chi connectivity index (χ2v) is 3.97. The van der Waals surface area contributed by atoms with E-state index in [4.69, 9.17) is 0 Å². The van der Waals surface area contributed by atoms with Gasteiger partial charge in [0.15, 0.2) is 0 Å². The molecular formula is C12H14S. The summed E-state index contributed by atoms with van der Waals surface area (Å²) in [5.74, 6) is 1.51. The smallest absolute Gasteiger partial charge is 0.00314 e. The van der Waals surface area contributed by atoms with Crippen LogP contribution in [0.5, 0.6) is 0 Å². The van der Waals surface area contributed by atoms with Crippen molar-refractivity contribution < 1.29 is 0 Å². The maximum Gasteiger partial charge on any atom is -0.00314 e. The summed E-state index contributed by atoms with van der Waals surface area (Å²) in [5, 5.41) is 0. The number of fused-ring (bicyclic) bond motifs is 1. The summed E-state index contributed by atoms with van der Waals surface area (Å²) in [5.41, 5.74) is 4.38. The van der Waals surface area contributed by atoms with Gasteiger partial charge >= 0.3 is 0 Å². The van der Waals surface area contributed by atoms with E-state index in [0.717, 1.165) is 12.2 Å². The second-order valence-electron chi connectivity index (χ2n) is 3.60. The summed E-state index contributed by atoms with van der Waals surface area (Å²) in [6.07, 6.45) is 3.44. The van der Waals surface area contributed by atoms with Crippen molar-refractivity contribution in [2.75, 3.05) is 5.75 Å². The Kier molecular flexibility index (Phi) is 2.45. The molecular weight excluding hydrogens is 176 g/mol. The van der Waals surface area contributed by atoms with Crippen molar-refractivity contribution in [1.82, 2.24) is 0 Å². The van der Waals surface area contributed by atoms with Gasteiger partial charge in [-0.25, -0.2) is 0 Å². The van der Waals surface area contributed by atoms with Gasteiger partial charge in [0.1, 0.15) is 0 Å². The number of benzene rings is 1. The summed E-state index contributed by atoms with van der Waals surface area (Å²) in [6, 6.07) is 8.66. The van der Waals surface area contributed by atoms with Gasteiger partial charge in [-0.1, -0.05) is 37.3 Å². The van der Waals surface area contributed by atoms with Crippen molar-refractivity contribution in [3.8, 4) is 0 Å². The topological polar surface area (TPSA) is 0 Å². The molecule has 0 bridgehead atoms. The van der Waals surface area contributed by atoms with Crippen LogP contribution in [0, 0.1) is 5.92 Å². The fraction of sp³-hybridized carbons (Fsp3) is 0.333. The number of rotatable bonds is 2. The molecule has 0 aliphatic heterocycles. The van der Waals surface area contributed by atoms with E-state index in [0.29, 0.717) is 5.92 Å². The third kappa shape index (κ3) is 1.53. The lowest BCUT2D eigenvalue weighted by Gasteiger charge is -2.11. The normalized spacial score (nSPS) is 16.6. The van der Waals surface area contributed by atoms with Crippen molar-refractivity contribution in [2.45, 2.75) is 13.3 Å². The average Bonchev–Trinajstić information content (AvgIpc) is 2.60. The Hall–Kier alpha value is -0.690. The largest absolute Gasteiger partial charge is 0.179 e. The van der Waals surface area contributed by atoms with Gasteiger partial charge in [0, 0.05) is 0 Å². The molecule has 1 atom stereocenters. The van der Waals surface area contributed by atoms with Crippen LogP contribution in [-0.4, -0.2) is 5.75 Å². The van der Waals surface area contributed by atoms with Gasteiger partial charge in [0.05, 0.1) is 0 Å². The molecule has 0 aromatic heterocycles. The predicted molar refractivity (Wildman–Crippen MR) is 61.1 cm³/mol. The molecule has 68 valence electrons. The van der Waals surface area contributed by atoms with Crippen molar-refractivity contribution in [1.29, 1.82) is 0 Å². The van der Waals surface area contributed by atoms with Crippen molar-refractivity contribution in [3.05, 3.63) is 41.5 Å². The van der Waals surface area contributed by atoms with Gasteiger partial charge < -0.3 is 0 Å². The third-order valence-electron chi connectivity index (χ3n) is 2.68. The highest BCUT2D eigenvalue weighted by molar-refractivity contribution is 7.80. The first-order valence-electron chi connectivity index (χ1n) is 4.72. The highest BCUT2D eigenvalue weighted by Gasteiger charge is 2.16. The van der Waals surface area contributed by atoms with Gasteiger partial charge in [-0.2, -0.15) is 12.6 Å². The fourth-order valence-corrected chi connectivity index (χ4v) is 2.07. The minimum absolute atomic E-state index is 0.576. The standard InChI is InChI=1S/C12H14S/c1-9(8-13)11-7-6-10-4-2-3-5-12(10)11/h2-5,7,9,13H,6,8H2,1H3. The molecule has 1 unspecified atom stereocenters. The second kappa shape index (κ2) is 3.59. The van der Waals surface area contributed by atoms with E-state index in [1.54, 1.807) is 0 Å². The van der Waals surface area contributed by atoms with Crippen LogP contribution in [0.2, 0.25) is 0 Å². The van der Waals surface area contributed by atoms with E-state index in [9.17, 15) is 0 Å². The van der Waals surface area contributed by atoms with E-state index >= 15 is 0 Å². The fourth-order valence-electron chi connectivity index (χ4n) is 1.87. The van der Waals surface area contributed by atoms with E-state index in [1.165, 1.54) is 16.7 Å². The Morgan fingerprint density at radius 2 is 2.15 bits per heavy atom. The molecule has 1 heteroatoms. The van der Waals surface area contributed by atoms with Gasteiger partial charge in [-0.15, -0.1) is 0 Å². The summed E-state index contributed by atoms with van der Waals surface area (Å²) >= 11 is 4.34. The molecule has 0 nitrogen and oxygen atoms in total. The lowest BCUT2D eigenvalue weighted by Crippen LogP contribution is -1.98. The van der Waals surface area contributed by atoms with Crippen LogP contribution in [0.25, 0.3) is 5.57 Å². The maximum absolute atomic E-state index is 4.34. The Balaban J connectivity index is 2.36. The monoisotopic (exact) mass is 190 g/mol. The van der Waals surface area contributed by atoms with Crippen molar-refractivity contribution in [3.63, 3.8) is 0 Å². The number of hydrogen-bond acceptors (Lipinski definition) is 1. The van der Waals surface area contributed by atoms with Crippen LogP contribution >= 0.6 is 12.6 Å². The molecule has 0 heterocycles. The summed E-state index contributed by atoms with van der Waals surface area (Å²) in [4.78, 5) is 0. The predicted octanol–water partition coefficient (Wildman–Crippen LogP) is 3.19. The highest BCUT2D eigenvalue weighted by Crippen LogP contribution is 2.32. The molecule has 0 saturated carbocycles. The van der Waals surface area contributed by atoms with Crippen LogP contribution in [0.1, 0.15) is 18.1 Å². The zero-order valence-corrected chi connectivity index (χ0v) is 8.72. The molecule has 0 fully saturated rings. The Bertz CT molecular complexity index is 339. The first-order chi connectivity index (χ1) is 6.33. The SMILES string of the molecule is CC(CS)C1=CCc2ccccc21. The molecule has 0 N–H and O–H groups in total. The highest BCUT2D eigenvalue weighted by atomic mass is 32.1. The van der Waals surface area contributed by atoms with Crippen molar-refractivity contribution in [2.24, 2.45) is 5.92 Å². The van der Waals surface area contributed by atoms with E-state index in [2.05, 4.69) is 49.9 Å². The molecule has 0 radical (unpaired) electrons. The van der Waals surface area contributed by atoms with Crippen molar-refractivity contribution >= 4 is 18.2 Å². The van der Waals surface area contributed by atoms with E-state index in [-0.39, 0.29) is 0 Å². The lowest BCUT2D eigenvalue weighted by atomic mass is 9.97. The molecule has 1 aliphatic rings. The van der Waals surface area contributed by atoms with Crippen LogP contribution in [0.4, 0.5) is 0 Å². The van der Waals surface area contributed by atoms with Crippen LogP contribution in [0.15, 0.2) is 30.3 Å². The molecule has 13 heavy (non-hydrogen) atoms. The molecule has 1 aliphatic carbocycles. The Labute approximate surface area is 85.1 Å². The van der Waals surface area contributed by atoms with Gasteiger partial charge in [-0.05, 0) is 34.8 Å². The lowest BCUT2D eigenvalue weighted by molar-refractivity contribution is 0.876. The summed E-state index contributed by atoms with van der Waals surface area (Å²) < 4.78 is 0. The van der Waals surface area contributed by atoms with E-state index < -0.39 is 0 Å². The minimum Gasteiger partial charge on any atom is -0.179 e. The number of thiol groups is 1. The first-order valence-corrected chi connectivity index (χ1v) is 5.35. The average molecular weight is 190 g/mol. The number of hydrogen-bond donors (Lipinski definition) is 1. The summed E-state index contributed by atoms with van der Waals surface area (Å²) in [7, 11) is 0. The number of allylic oxidation sites excluding steroid dienone is 2. The zero-order valence-electron chi connectivity index (χ0n) is 7.83. The van der Waals surface area contributed by atoms with Crippen LogP contribution in [-0.2, 0) is 6.42 Å². The van der Waals surface area contributed by atoms with Gasteiger partial charge in [0.2, 0.25) is 0 Å². The Morgan fingerprint density at radius 3 is 2.92 bits per heavy atom. The van der Waals surface area contributed by atoms with Gasteiger partial charge in [0.25, 0.3) is 0 Å².